The van der Waals surface area contributed by atoms with Gasteiger partial charge in [-0.25, -0.2) is 4.99 Å². The summed E-state index contributed by atoms with van der Waals surface area (Å²) in [5.41, 5.74) is 9.06. The van der Waals surface area contributed by atoms with Gasteiger partial charge in [-0.2, -0.15) is 13.2 Å². The molecule has 0 saturated carbocycles. The number of hydrogen-bond donors (Lipinski definition) is 3. The highest BCUT2D eigenvalue weighted by Crippen LogP contribution is 2.38. The Balaban J connectivity index is 2.51. The zero-order chi connectivity index (χ0) is 15.1. The Morgan fingerprint density at radius 2 is 2.15 bits per heavy atom. The van der Waals surface area contributed by atoms with Crippen LogP contribution in [0.25, 0.3) is 0 Å². The smallest absolute Gasteiger partial charge is 0.425 e. The standard InChI is InChI=1S/C11H13F3N4O2/c1-10(6-2-5(15)4-17-8(6)19)3-7(11(12,13)14)20-9(16)18-10/h2,4,7H,3,15H2,1H3,(H2,16,18)(H,17,19)/t7-,10-/m0/s1. The number of amidine groups is 1. The third-order valence-electron chi connectivity index (χ3n) is 3.07. The molecule has 2 atom stereocenters. The predicted molar refractivity (Wildman–Crippen MR) is 66.0 cm³/mol. The van der Waals surface area contributed by atoms with Gasteiger partial charge >= 0.3 is 6.18 Å². The summed E-state index contributed by atoms with van der Waals surface area (Å²) in [7, 11) is 0. The van der Waals surface area contributed by atoms with Crippen LogP contribution in [0.3, 0.4) is 0 Å². The number of hydrogen-bond acceptors (Lipinski definition) is 5. The van der Waals surface area contributed by atoms with E-state index >= 15 is 0 Å². The molecular formula is C11H13F3N4O2. The summed E-state index contributed by atoms with van der Waals surface area (Å²) in [6.45, 7) is 1.38. The number of nitrogen functional groups attached to an aromatic ring is 1. The fraction of sp³-hybridized carbons (Fsp3) is 0.455. The van der Waals surface area contributed by atoms with E-state index in [-0.39, 0.29) is 11.3 Å². The topological polar surface area (TPSA) is 106 Å². The third-order valence-corrected chi connectivity index (χ3v) is 3.07. The molecule has 1 aromatic rings. The molecule has 20 heavy (non-hydrogen) atoms. The summed E-state index contributed by atoms with van der Waals surface area (Å²) < 4.78 is 42.9. The van der Waals surface area contributed by atoms with Crippen LogP contribution in [0.15, 0.2) is 22.1 Å². The summed E-state index contributed by atoms with van der Waals surface area (Å²) in [6, 6.07) is 0.678. The first-order valence-corrected chi connectivity index (χ1v) is 5.69. The Labute approximate surface area is 111 Å². The quantitative estimate of drug-likeness (QED) is 0.712. The van der Waals surface area contributed by atoms with E-state index in [1.54, 1.807) is 0 Å². The number of aromatic nitrogens is 1. The number of ether oxygens (including phenoxy) is 1. The Morgan fingerprint density at radius 1 is 1.50 bits per heavy atom. The van der Waals surface area contributed by atoms with Gasteiger partial charge in [0.1, 0.15) is 0 Å². The van der Waals surface area contributed by atoms with Gasteiger partial charge in [0.25, 0.3) is 11.6 Å². The van der Waals surface area contributed by atoms with E-state index in [4.69, 9.17) is 11.5 Å². The SMILES string of the molecule is C[C@@]1(c2cc(N)c[nH]c2=O)C[C@@H](C(F)(F)F)OC(N)=N1. The van der Waals surface area contributed by atoms with Crippen LogP contribution in [0, 0.1) is 0 Å². The van der Waals surface area contributed by atoms with Crippen molar-refractivity contribution in [3.05, 3.63) is 28.2 Å². The zero-order valence-electron chi connectivity index (χ0n) is 10.5. The molecule has 0 aromatic carbocycles. The average Bonchev–Trinajstić information content (AvgIpc) is 2.30. The van der Waals surface area contributed by atoms with Crippen LogP contribution < -0.4 is 17.0 Å². The van der Waals surface area contributed by atoms with Gasteiger partial charge < -0.3 is 21.2 Å². The predicted octanol–water partition coefficient (Wildman–Crippen LogP) is 0.838. The first-order valence-electron chi connectivity index (χ1n) is 5.69. The van der Waals surface area contributed by atoms with E-state index < -0.39 is 35.8 Å². The highest BCUT2D eigenvalue weighted by Gasteiger charge is 2.50. The summed E-state index contributed by atoms with van der Waals surface area (Å²) in [4.78, 5) is 18.0. The molecule has 2 heterocycles. The van der Waals surface area contributed by atoms with Crippen molar-refractivity contribution in [2.24, 2.45) is 10.7 Å². The molecule has 0 spiro atoms. The van der Waals surface area contributed by atoms with E-state index in [0.29, 0.717) is 0 Å². The fourth-order valence-corrected chi connectivity index (χ4v) is 2.12. The molecule has 110 valence electrons. The number of pyridine rings is 1. The minimum absolute atomic E-state index is 0.0120. The average molecular weight is 290 g/mol. The normalized spacial score (nSPS) is 26.8. The maximum Gasteiger partial charge on any atom is 0.425 e. The van der Waals surface area contributed by atoms with E-state index in [1.807, 2.05) is 0 Å². The molecule has 0 bridgehead atoms. The second kappa shape index (κ2) is 4.43. The monoisotopic (exact) mass is 290 g/mol. The molecule has 1 aromatic heterocycles. The molecule has 9 heteroatoms. The molecule has 0 unspecified atom stereocenters. The summed E-state index contributed by atoms with van der Waals surface area (Å²) in [5, 5.41) is 0. The molecule has 0 aliphatic carbocycles. The zero-order valence-corrected chi connectivity index (χ0v) is 10.5. The van der Waals surface area contributed by atoms with Gasteiger partial charge in [0.2, 0.25) is 0 Å². The van der Waals surface area contributed by atoms with Crippen molar-refractivity contribution in [2.75, 3.05) is 5.73 Å². The second-order valence-corrected chi connectivity index (χ2v) is 4.75. The van der Waals surface area contributed by atoms with Crippen molar-refractivity contribution in [3.63, 3.8) is 0 Å². The number of aliphatic imine (C=N–C) groups is 1. The van der Waals surface area contributed by atoms with Crippen LogP contribution in [0.1, 0.15) is 18.9 Å². The molecular weight excluding hydrogens is 277 g/mol. The maximum absolute atomic E-state index is 12.8. The van der Waals surface area contributed by atoms with Crippen molar-refractivity contribution in [2.45, 2.75) is 31.2 Å². The molecule has 1 aliphatic heterocycles. The molecule has 0 fully saturated rings. The van der Waals surface area contributed by atoms with Crippen LogP contribution >= 0.6 is 0 Å². The van der Waals surface area contributed by atoms with Crippen molar-refractivity contribution >= 4 is 11.7 Å². The van der Waals surface area contributed by atoms with Crippen molar-refractivity contribution in [3.8, 4) is 0 Å². The summed E-state index contributed by atoms with van der Waals surface area (Å²) in [5.74, 6) is 0. The number of aromatic amines is 1. The van der Waals surface area contributed by atoms with Crippen LogP contribution in [0.5, 0.6) is 0 Å². The number of rotatable bonds is 1. The van der Waals surface area contributed by atoms with Gasteiger partial charge in [-0.05, 0) is 13.0 Å². The fourth-order valence-electron chi connectivity index (χ4n) is 2.12. The van der Waals surface area contributed by atoms with E-state index in [1.165, 1.54) is 19.2 Å². The highest BCUT2D eigenvalue weighted by atomic mass is 19.4. The van der Waals surface area contributed by atoms with E-state index in [2.05, 4.69) is 14.7 Å². The Bertz CT molecular complexity index is 610. The third kappa shape index (κ3) is 2.56. The summed E-state index contributed by atoms with van der Waals surface area (Å²) >= 11 is 0. The van der Waals surface area contributed by atoms with Crippen LogP contribution in [-0.4, -0.2) is 23.3 Å². The number of nitrogens with two attached hydrogens (primary N) is 2. The maximum atomic E-state index is 12.8. The minimum atomic E-state index is -4.60. The molecule has 5 N–H and O–H groups in total. The largest absolute Gasteiger partial charge is 0.452 e. The van der Waals surface area contributed by atoms with Crippen LogP contribution in [-0.2, 0) is 10.3 Å². The molecule has 1 aliphatic rings. The van der Waals surface area contributed by atoms with Gasteiger partial charge in [0.05, 0.1) is 5.54 Å². The van der Waals surface area contributed by atoms with Crippen LogP contribution in [0.2, 0.25) is 0 Å². The lowest BCUT2D eigenvalue weighted by Crippen LogP contribution is -2.47. The number of nitrogens with zero attached hydrogens (tertiary/aromatic N) is 1. The van der Waals surface area contributed by atoms with E-state index in [9.17, 15) is 18.0 Å². The molecule has 2 rings (SSSR count). The molecule has 0 radical (unpaired) electrons. The first kappa shape index (κ1) is 14.2. The van der Waals surface area contributed by atoms with Gasteiger partial charge in [0.15, 0.2) is 6.10 Å². The highest BCUT2D eigenvalue weighted by molar-refractivity contribution is 5.73. The molecule has 6 nitrogen and oxygen atoms in total. The van der Waals surface area contributed by atoms with Crippen molar-refractivity contribution in [1.82, 2.24) is 4.98 Å². The number of nitrogens with one attached hydrogen (secondary N) is 1. The summed E-state index contributed by atoms with van der Waals surface area (Å²) in [6.07, 6.45) is -6.02. The van der Waals surface area contributed by atoms with Crippen molar-refractivity contribution in [1.29, 1.82) is 0 Å². The Hall–Kier alpha value is -2.19. The number of H-pyrrole nitrogens is 1. The lowest BCUT2D eigenvalue weighted by Gasteiger charge is -2.35. The van der Waals surface area contributed by atoms with Gasteiger partial charge in [0, 0.05) is 23.9 Å². The van der Waals surface area contributed by atoms with Crippen molar-refractivity contribution < 1.29 is 17.9 Å². The number of anilines is 1. The number of alkyl halides is 3. The van der Waals surface area contributed by atoms with Crippen LogP contribution in [0.4, 0.5) is 18.9 Å². The Kier molecular flexibility index (Phi) is 3.15. The lowest BCUT2D eigenvalue weighted by atomic mass is 9.86. The van der Waals surface area contributed by atoms with E-state index in [0.717, 1.165) is 0 Å². The molecule has 0 amide bonds. The first-order chi connectivity index (χ1) is 9.12. The minimum Gasteiger partial charge on any atom is -0.452 e. The number of halogens is 3. The van der Waals surface area contributed by atoms with Gasteiger partial charge in [-0.15, -0.1) is 0 Å². The van der Waals surface area contributed by atoms with Gasteiger partial charge in [-0.3, -0.25) is 4.79 Å². The Morgan fingerprint density at radius 3 is 2.75 bits per heavy atom. The lowest BCUT2D eigenvalue weighted by molar-refractivity contribution is -0.208. The van der Waals surface area contributed by atoms with Gasteiger partial charge in [-0.1, -0.05) is 0 Å². The second-order valence-electron chi connectivity index (χ2n) is 4.75. The molecule has 0 saturated heterocycles.